The van der Waals surface area contributed by atoms with E-state index in [4.69, 9.17) is 5.73 Å². The van der Waals surface area contributed by atoms with Gasteiger partial charge < -0.3 is 20.9 Å². The number of likely N-dealkylation sites (N-methyl/N-ethyl adjacent to an activating group) is 1. The third-order valence-corrected chi connectivity index (χ3v) is 4.69. The van der Waals surface area contributed by atoms with Gasteiger partial charge in [0, 0.05) is 32.1 Å². The zero-order valence-electron chi connectivity index (χ0n) is 14.0. The standard InChI is InChI=1S/C15H28N4O2.2ClH/c1-18(2)6-7-19-10-12(8-14(19)20)15(21)17-13-5-3-4-11(13)9-16;;/h11-13H,3-10,16H2,1-2H3,(H,17,21);2*1H. The first-order valence-electron chi connectivity index (χ1n) is 7.94. The number of nitrogens with one attached hydrogen (secondary N) is 1. The molecule has 2 rings (SSSR count). The van der Waals surface area contributed by atoms with Gasteiger partial charge in [-0.2, -0.15) is 0 Å². The van der Waals surface area contributed by atoms with E-state index in [-0.39, 0.29) is 48.6 Å². The normalized spacial score (nSPS) is 26.9. The third-order valence-electron chi connectivity index (χ3n) is 4.69. The third kappa shape index (κ3) is 6.10. The molecular weight excluding hydrogens is 339 g/mol. The number of nitrogens with zero attached hydrogens (tertiary/aromatic N) is 2. The van der Waals surface area contributed by atoms with Gasteiger partial charge in [-0.3, -0.25) is 9.59 Å². The summed E-state index contributed by atoms with van der Waals surface area (Å²) < 4.78 is 0. The second kappa shape index (κ2) is 10.3. The van der Waals surface area contributed by atoms with Crippen LogP contribution < -0.4 is 11.1 Å². The summed E-state index contributed by atoms with van der Waals surface area (Å²) in [5.74, 6) is 0.328. The molecule has 2 amide bonds. The van der Waals surface area contributed by atoms with Gasteiger partial charge in [0.1, 0.15) is 0 Å². The molecule has 0 aromatic heterocycles. The van der Waals surface area contributed by atoms with Crippen LogP contribution >= 0.6 is 24.8 Å². The zero-order chi connectivity index (χ0) is 15.4. The average molecular weight is 369 g/mol. The fourth-order valence-electron chi connectivity index (χ4n) is 3.29. The molecular formula is C15H30Cl2N4O2. The molecule has 1 saturated heterocycles. The second-order valence-corrected chi connectivity index (χ2v) is 6.59. The van der Waals surface area contributed by atoms with Gasteiger partial charge in [0.2, 0.25) is 11.8 Å². The summed E-state index contributed by atoms with van der Waals surface area (Å²) in [5.41, 5.74) is 5.75. The van der Waals surface area contributed by atoms with Crippen molar-refractivity contribution >= 4 is 36.6 Å². The van der Waals surface area contributed by atoms with E-state index in [1.807, 2.05) is 19.0 Å². The number of hydrogen-bond donors (Lipinski definition) is 2. The van der Waals surface area contributed by atoms with Crippen molar-refractivity contribution in [3.8, 4) is 0 Å². The van der Waals surface area contributed by atoms with E-state index in [1.165, 1.54) is 0 Å². The summed E-state index contributed by atoms with van der Waals surface area (Å²) >= 11 is 0. The van der Waals surface area contributed by atoms with E-state index >= 15 is 0 Å². The highest BCUT2D eigenvalue weighted by molar-refractivity contribution is 5.89. The Morgan fingerprint density at radius 1 is 1.35 bits per heavy atom. The highest BCUT2D eigenvalue weighted by Crippen LogP contribution is 2.26. The van der Waals surface area contributed by atoms with E-state index in [1.54, 1.807) is 4.90 Å². The Labute approximate surface area is 151 Å². The van der Waals surface area contributed by atoms with Gasteiger partial charge in [0.05, 0.1) is 5.92 Å². The molecule has 136 valence electrons. The van der Waals surface area contributed by atoms with Crippen LogP contribution in [0, 0.1) is 11.8 Å². The van der Waals surface area contributed by atoms with Crippen molar-refractivity contribution in [2.24, 2.45) is 17.6 Å². The largest absolute Gasteiger partial charge is 0.353 e. The number of likely N-dealkylation sites (tertiary alicyclic amines) is 1. The molecule has 6 nitrogen and oxygen atoms in total. The number of nitrogens with two attached hydrogens (primary N) is 1. The van der Waals surface area contributed by atoms with Crippen LogP contribution in [0.4, 0.5) is 0 Å². The Morgan fingerprint density at radius 2 is 2.04 bits per heavy atom. The number of rotatable bonds is 6. The number of carbonyl (C=O) groups is 2. The number of hydrogen-bond acceptors (Lipinski definition) is 4. The molecule has 0 spiro atoms. The minimum absolute atomic E-state index is 0. The zero-order valence-corrected chi connectivity index (χ0v) is 15.6. The van der Waals surface area contributed by atoms with E-state index in [2.05, 4.69) is 5.32 Å². The molecule has 1 aliphatic heterocycles. The lowest BCUT2D eigenvalue weighted by Crippen LogP contribution is -2.43. The van der Waals surface area contributed by atoms with Crippen molar-refractivity contribution in [1.82, 2.24) is 15.1 Å². The lowest BCUT2D eigenvalue weighted by Gasteiger charge is -2.22. The predicted molar refractivity (Wildman–Crippen MR) is 96.1 cm³/mol. The Balaban J connectivity index is 0.00000242. The maximum absolute atomic E-state index is 12.4. The minimum atomic E-state index is -0.196. The minimum Gasteiger partial charge on any atom is -0.353 e. The summed E-state index contributed by atoms with van der Waals surface area (Å²) in [6.07, 6.45) is 3.59. The number of halogens is 2. The molecule has 0 radical (unpaired) electrons. The molecule has 3 atom stereocenters. The van der Waals surface area contributed by atoms with Crippen molar-refractivity contribution in [3.05, 3.63) is 0 Å². The van der Waals surface area contributed by atoms with Crippen LogP contribution in [-0.2, 0) is 9.59 Å². The summed E-state index contributed by atoms with van der Waals surface area (Å²) in [7, 11) is 3.97. The first kappa shape index (κ1) is 22.4. The quantitative estimate of drug-likeness (QED) is 0.714. The SMILES string of the molecule is CN(C)CCN1CC(C(=O)NC2CCCC2CN)CC1=O.Cl.Cl. The van der Waals surface area contributed by atoms with Crippen molar-refractivity contribution < 1.29 is 9.59 Å². The molecule has 1 heterocycles. The molecule has 0 aromatic carbocycles. The van der Waals surface area contributed by atoms with E-state index in [9.17, 15) is 9.59 Å². The monoisotopic (exact) mass is 368 g/mol. The summed E-state index contributed by atoms with van der Waals surface area (Å²) in [4.78, 5) is 28.2. The van der Waals surface area contributed by atoms with Crippen LogP contribution in [0.2, 0.25) is 0 Å². The molecule has 23 heavy (non-hydrogen) atoms. The van der Waals surface area contributed by atoms with Gasteiger partial charge >= 0.3 is 0 Å². The maximum atomic E-state index is 12.4. The van der Waals surface area contributed by atoms with Gasteiger partial charge in [-0.05, 0) is 39.4 Å². The topological polar surface area (TPSA) is 78.7 Å². The summed E-state index contributed by atoms with van der Waals surface area (Å²) in [5, 5.41) is 3.12. The van der Waals surface area contributed by atoms with Gasteiger partial charge in [-0.15, -0.1) is 24.8 Å². The highest BCUT2D eigenvalue weighted by atomic mass is 35.5. The highest BCUT2D eigenvalue weighted by Gasteiger charge is 2.36. The fraction of sp³-hybridized carbons (Fsp3) is 0.867. The fourth-order valence-corrected chi connectivity index (χ4v) is 3.29. The van der Waals surface area contributed by atoms with Crippen molar-refractivity contribution in [2.75, 3.05) is 40.3 Å². The molecule has 0 bridgehead atoms. The van der Waals surface area contributed by atoms with Crippen LogP contribution in [-0.4, -0.2) is 67.9 Å². The lowest BCUT2D eigenvalue weighted by atomic mass is 10.0. The molecule has 1 saturated carbocycles. The van der Waals surface area contributed by atoms with Gasteiger partial charge in [-0.1, -0.05) is 6.42 Å². The number of amides is 2. The summed E-state index contributed by atoms with van der Waals surface area (Å²) in [6, 6.07) is 0.202. The van der Waals surface area contributed by atoms with Crippen molar-refractivity contribution in [1.29, 1.82) is 0 Å². The van der Waals surface area contributed by atoms with Crippen LogP contribution in [0.15, 0.2) is 0 Å². The van der Waals surface area contributed by atoms with E-state index < -0.39 is 0 Å². The molecule has 2 fully saturated rings. The van der Waals surface area contributed by atoms with Crippen LogP contribution in [0.3, 0.4) is 0 Å². The van der Waals surface area contributed by atoms with E-state index in [0.29, 0.717) is 32.0 Å². The molecule has 1 aliphatic carbocycles. The molecule has 8 heteroatoms. The summed E-state index contributed by atoms with van der Waals surface area (Å²) in [6.45, 7) is 2.71. The predicted octanol–water partition coefficient (Wildman–Crippen LogP) is 0.484. The first-order chi connectivity index (χ1) is 10.0. The number of carbonyl (C=O) groups excluding carboxylic acids is 2. The van der Waals surface area contributed by atoms with Crippen molar-refractivity contribution in [3.63, 3.8) is 0 Å². The smallest absolute Gasteiger partial charge is 0.225 e. The molecule has 0 aromatic rings. The Bertz CT molecular complexity index is 396. The second-order valence-electron chi connectivity index (χ2n) is 6.59. The first-order valence-corrected chi connectivity index (χ1v) is 7.94. The van der Waals surface area contributed by atoms with Crippen LogP contribution in [0.25, 0.3) is 0 Å². The Kier molecular flexibility index (Phi) is 10.1. The molecule has 2 aliphatic rings. The maximum Gasteiger partial charge on any atom is 0.225 e. The van der Waals surface area contributed by atoms with Gasteiger partial charge in [-0.25, -0.2) is 0 Å². The average Bonchev–Trinajstić information content (AvgIpc) is 3.02. The Hall–Kier alpha value is -0.560. The molecule has 3 N–H and O–H groups in total. The van der Waals surface area contributed by atoms with Gasteiger partial charge in [0.15, 0.2) is 0 Å². The van der Waals surface area contributed by atoms with Crippen molar-refractivity contribution in [2.45, 2.75) is 31.7 Å². The van der Waals surface area contributed by atoms with E-state index in [0.717, 1.165) is 25.8 Å². The van der Waals surface area contributed by atoms with Crippen LogP contribution in [0.1, 0.15) is 25.7 Å². The molecule has 3 unspecified atom stereocenters. The Morgan fingerprint density at radius 3 is 2.65 bits per heavy atom. The van der Waals surface area contributed by atoms with Gasteiger partial charge in [0.25, 0.3) is 0 Å². The van der Waals surface area contributed by atoms with Crippen LogP contribution in [0.5, 0.6) is 0 Å². The lowest BCUT2D eigenvalue weighted by molar-refractivity contribution is -0.129.